The molecule has 5 nitrogen and oxygen atoms in total. The van der Waals surface area contributed by atoms with Gasteiger partial charge in [0.25, 0.3) is 5.91 Å². The van der Waals surface area contributed by atoms with E-state index in [2.05, 4.69) is 4.99 Å². The van der Waals surface area contributed by atoms with Crippen LogP contribution in [0.25, 0.3) is 11.0 Å². The second kappa shape index (κ2) is 5.45. The first-order valence-electron chi connectivity index (χ1n) is 7.48. The third kappa shape index (κ3) is 2.22. The predicted molar refractivity (Wildman–Crippen MR) is 90.0 cm³/mol. The van der Waals surface area contributed by atoms with Gasteiger partial charge >= 0.3 is 5.63 Å². The minimum atomic E-state index is -0.633. The zero-order valence-electron chi connectivity index (χ0n) is 12.9. The number of methoxy groups -OCH3 is 1. The molecule has 0 N–H and O–H groups in total. The molecule has 0 fully saturated rings. The number of fused-ring (bicyclic) bond motifs is 3. The lowest BCUT2D eigenvalue weighted by Gasteiger charge is -2.16. The van der Waals surface area contributed by atoms with E-state index in [4.69, 9.17) is 9.15 Å². The van der Waals surface area contributed by atoms with E-state index in [1.54, 1.807) is 19.2 Å². The van der Waals surface area contributed by atoms with Crippen LogP contribution in [-0.2, 0) is 6.42 Å². The van der Waals surface area contributed by atoms with Crippen LogP contribution >= 0.6 is 0 Å². The number of carbonyl (C=O) groups is 1. The SMILES string of the molecule is COc1ccc(C2=NC(=O)c3c(c4ccccc4oc3=O)C2)cc1. The molecule has 2 aromatic carbocycles. The highest BCUT2D eigenvalue weighted by Crippen LogP contribution is 2.26. The standard InChI is InChI=1S/C19H13NO4/c1-23-12-8-6-11(7-9-12)15-10-14-13-4-2-3-5-16(13)24-19(22)17(14)18(21)20-15/h2-9H,10H2,1H3. The maximum absolute atomic E-state index is 12.4. The summed E-state index contributed by atoms with van der Waals surface area (Å²) in [6, 6.07) is 14.5. The smallest absolute Gasteiger partial charge is 0.349 e. The van der Waals surface area contributed by atoms with Crippen molar-refractivity contribution in [1.82, 2.24) is 0 Å². The van der Waals surface area contributed by atoms with Gasteiger partial charge in [0.05, 0.1) is 12.8 Å². The minimum absolute atomic E-state index is 0.0333. The average Bonchev–Trinajstić information content (AvgIpc) is 2.61. The van der Waals surface area contributed by atoms with E-state index >= 15 is 0 Å². The fourth-order valence-corrected chi connectivity index (χ4v) is 2.95. The first kappa shape index (κ1) is 14.4. The number of rotatable bonds is 2. The molecular formula is C19H13NO4. The second-order valence-corrected chi connectivity index (χ2v) is 5.51. The van der Waals surface area contributed by atoms with Crippen molar-refractivity contribution >= 4 is 22.6 Å². The van der Waals surface area contributed by atoms with Gasteiger partial charge in [-0.05, 0) is 41.5 Å². The molecule has 1 amide bonds. The van der Waals surface area contributed by atoms with Crippen molar-refractivity contribution < 1.29 is 13.9 Å². The van der Waals surface area contributed by atoms with Crippen LogP contribution in [0.15, 0.2) is 62.7 Å². The van der Waals surface area contributed by atoms with Crippen molar-refractivity contribution in [2.75, 3.05) is 7.11 Å². The molecular weight excluding hydrogens is 306 g/mol. The van der Waals surface area contributed by atoms with Gasteiger partial charge in [0.1, 0.15) is 16.9 Å². The molecule has 118 valence electrons. The minimum Gasteiger partial charge on any atom is -0.497 e. The van der Waals surface area contributed by atoms with Crippen molar-refractivity contribution in [3.8, 4) is 5.75 Å². The Labute approximate surface area is 137 Å². The number of aliphatic imine (C=N–C) groups is 1. The van der Waals surface area contributed by atoms with Crippen LogP contribution in [0.4, 0.5) is 0 Å². The van der Waals surface area contributed by atoms with Crippen LogP contribution < -0.4 is 10.4 Å². The summed E-state index contributed by atoms with van der Waals surface area (Å²) in [7, 11) is 1.60. The highest BCUT2D eigenvalue weighted by atomic mass is 16.5. The average molecular weight is 319 g/mol. The molecule has 0 saturated heterocycles. The molecule has 4 rings (SSSR count). The van der Waals surface area contributed by atoms with Crippen molar-refractivity contribution in [1.29, 1.82) is 0 Å². The number of hydrogen-bond acceptors (Lipinski definition) is 4. The highest BCUT2D eigenvalue weighted by Gasteiger charge is 2.26. The van der Waals surface area contributed by atoms with Crippen LogP contribution in [0.1, 0.15) is 21.5 Å². The lowest BCUT2D eigenvalue weighted by molar-refractivity contribution is 0.0997. The van der Waals surface area contributed by atoms with Gasteiger partial charge in [0.2, 0.25) is 0 Å². The molecule has 1 aliphatic rings. The molecule has 0 unspecified atom stereocenters. The molecule has 0 radical (unpaired) electrons. The van der Waals surface area contributed by atoms with Gasteiger partial charge in [-0.15, -0.1) is 0 Å². The Morgan fingerprint density at radius 2 is 1.79 bits per heavy atom. The lowest BCUT2D eigenvalue weighted by atomic mass is 9.93. The zero-order valence-corrected chi connectivity index (χ0v) is 12.9. The van der Waals surface area contributed by atoms with E-state index < -0.39 is 11.5 Å². The third-order valence-corrected chi connectivity index (χ3v) is 4.14. The van der Waals surface area contributed by atoms with Crippen LogP contribution in [0.3, 0.4) is 0 Å². The van der Waals surface area contributed by atoms with Gasteiger partial charge in [0.15, 0.2) is 0 Å². The predicted octanol–water partition coefficient (Wildman–Crippen LogP) is 2.99. The first-order chi connectivity index (χ1) is 11.7. The fourth-order valence-electron chi connectivity index (χ4n) is 2.95. The van der Waals surface area contributed by atoms with E-state index in [9.17, 15) is 9.59 Å². The Hall–Kier alpha value is -3.21. The fraction of sp³-hybridized carbons (Fsp3) is 0.105. The van der Waals surface area contributed by atoms with Crippen LogP contribution in [0, 0.1) is 0 Å². The van der Waals surface area contributed by atoms with Gasteiger partial charge in [-0.25, -0.2) is 9.79 Å². The largest absolute Gasteiger partial charge is 0.497 e. The van der Waals surface area contributed by atoms with Gasteiger partial charge in [0, 0.05) is 11.8 Å². The Kier molecular flexibility index (Phi) is 3.27. The summed E-state index contributed by atoms with van der Waals surface area (Å²) in [5.74, 6) is 0.176. The van der Waals surface area contributed by atoms with Crippen molar-refractivity contribution in [3.05, 3.63) is 75.6 Å². The van der Waals surface area contributed by atoms with Gasteiger partial charge in [-0.3, -0.25) is 4.79 Å². The summed E-state index contributed by atoms with van der Waals surface area (Å²) >= 11 is 0. The van der Waals surface area contributed by atoms with Gasteiger partial charge in [-0.1, -0.05) is 18.2 Å². The van der Waals surface area contributed by atoms with E-state index in [1.807, 2.05) is 36.4 Å². The Morgan fingerprint density at radius 1 is 1.04 bits per heavy atom. The van der Waals surface area contributed by atoms with Gasteiger partial charge in [-0.2, -0.15) is 0 Å². The molecule has 0 saturated carbocycles. The Balaban J connectivity index is 1.88. The highest BCUT2D eigenvalue weighted by molar-refractivity contribution is 6.16. The van der Waals surface area contributed by atoms with E-state index in [1.165, 1.54) is 0 Å². The second-order valence-electron chi connectivity index (χ2n) is 5.51. The number of para-hydroxylation sites is 1. The van der Waals surface area contributed by atoms with Crippen LogP contribution in [0.5, 0.6) is 5.75 Å². The third-order valence-electron chi connectivity index (χ3n) is 4.14. The molecule has 0 atom stereocenters. The zero-order chi connectivity index (χ0) is 16.7. The first-order valence-corrected chi connectivity index (χ1v) is 7.48. The molecule has 24 heavy (non-hydrogen) atoms. The van der Waals surface area contributed by atoms with E-state index in [0.29, 0.717) is 23.3 Å². The summed E-state index contributed by atoms with van der Waals surface area (Å²) in [5, 5.41) is 0.765. The lowest BCUT2D eigenvalue weighted by Crippen LogP contribution is -2.24. The summed E-state index contributed by atoms with van der Waals surface area (Å²) in [6.45, 7) is 0. The van der Waals surface area contributed by atoms with Crippen molar-refractivity contribution in [3.63, 3.8) is 0 Å². The topological polar surface area (TPSA) is 68.9 Å². The van der Waals surface area contributed by atoms with Crippen molar-refractivity contribution in [2.45, 2.75) is 6.42 Å². The van der Waals surface area contributed by atoms with Gasteiger partial charge < -0.3 is 9.15 Å². The molecule has 1 aromatic heterocycles. The molecule has 1 aliphatic heterocycles. The summed E-state index contributed by atoms with van der Waals surface area (Å²) < 4.78 is 10.4. The number of nitrogens with zero attached hydrogens (tertiary/aromatic N) is 1. The maximum atomic E-state index is 12.4. The quantitative estimate of drug-likeness (QED) is 0.681. The Morgan fingerprint density at radius 3 is 2.54 bits per heavy atom. The molecule has 2 heterocycles. The maximum Gasteiger partial charge on any atom is 0.349 e. The number of hydrogen-bond donors (Lipinski definition) is 0. The normalized spacial score (nSPS) is 13.5. The number of benzene rings is 2. The number of ether oxygens (including phenoxy) is 1. The summed E-state index contributed by atoms with van der Waals surface area (Å²) in [6.07, 6.45) is 0.402. The van der Waals surface area contributed by atoms with Crippen LogP contribution in [0.2, 0.25) is 0 Å². The molecule has 3 aromatic rings. The summed E-state index contributed by atoms with van der Waals surface area (Å²) in [5.41, 5.74) is 2.01. The number of carbonyl (C=O) groups excluding carboxylic acids is 1. The summed E-state index contributed by atoms with van der Waals surface area (Å²) in [4.78, 5) is 28.6. The molecule has 0 bridgehead atoms. The van der Waals surface area contributed by atoms with E-state index in [-0.39, 0.29) is 5.56 Å². The molecule has 0 spiro atoms. The van der Waals surface area contributed by atoms with Crippen molar-refractivity contribution in [2.24, 2.45) is 4.99 Å². The Bertz CT molecular complexity index is 1050. The monoisotopic (exact) mass is 319 g/mol. The number of amides is 1. The molecule has 5 heteroatoms. The molecule has 0 aliphatic carbocycles. The van der Waals surface area contributed by atoms with Crippen LogP contribution in [-0.4, -0.2) is 18.7 Å². The van der Waals surface area contributed by atoms with E-state index in [0.717, 1.165) is 16.7 Å².